The Morgan fingerprint density at radius 1 is 1.23 bits per heavy atom. The summed E-state index contributed by atoms with van der Waals surface area (Å²) in [6.45, 7) is 3.63. The highest BCUT2D eigenvalue weighted by molar-refractivity contribution is 6.41. The van der Waals surface area contributed by atoms with E-state index in [2.05, 4.69) is 20.0 Å². The third-order valence-electron chi connectivity index (χ3n) is 5.30. The van der Waals surface area contributed by atoms with Crippen LogP contribution in [0.3, 0.4) is 0 Å². The number of fused-ring (bicyclic) bond motifs is 1. The summed E-state index contributed by atoms with van der Waals surface area (Å²) in [7, 11) is 1.56. The van der Waals surface area contributed by atoms with Crippen molar-refractivity contribution in [1.82, 2.24) is 20.0 Å². The molecule has 30 heavy (non-hydrogen) atoms. The Kier molecular flexibility index (Phi) is 5.18. The summed E-state index contributed by atoms with van der Waals surface area (Å²) in [6, 6.07) is 7.14. The molecule has 1 aliphatic rings. The molecule has 9 nitrogen and oxygen atoms in total. The molecule has 0 atom stereocenters. The normalized spacial score (nSPS) is 13.1. The quantitative estimate of drug-likeness (QED) is 0.504. The van der Waals surface area contributed by atoms with Crippen molar-refractivity contribution < 1.29 is 14.1 Å². The first-order valence-corrected chi connectivity index (χ1v) is 9.68. The van der Waals surface area contributed by atoms with Crippen LogP contribution in [0.15, 0.2) is 41.2 Å². The summed E-state index contributed by atoms with van der Waals surface area (Å²) in [5.41, 5.74) is 9.47. The topological polar surface area (TPSA) is 118 Å². The average molecular weight is 406 g/mol. The predicted octanol–water partition coefficient (Wildman–Crippen LogP) is 1.94. The second-order valence-corrected chi connectivity index (χ2v) is 7.13. The van der Waals surface area contributed by atoms with E-state index in [0.29, 0.717) is 24.6 Å². The van der Waals surface area contributed by atoms with Crippen LogP contribution in [0.25, 0.3) is 11.3 Å². The molecule has 1 aliphatic heterocycles. The van der Waals surface area contributed by atoms with Gasteiger partial charge < -0.3 is 20.1 Å². The first kappa shape index (κ1) is 19.6. The average Bonchev–Trinajstić information content (AvgIpc) is 3.28. The Morgan fingerprint density at radius 2 is 2.03 bits per heavy atom. The van der Waals surface area contributed by atoms with Crippen LogP contribution in [-0.2, 0) is 17.8 Å². The monoisotopic (exact) mass is 406 g/mol. The number of rotatable bonds is 5. The van der Waals surface area contributed by atoms with Crippen LogP contribution in [0.2, 0.25) is 0 Å². The van der Waals surface area contributed by atoms with Crippen LogP contribution in [0, 0.1) is 0 Å². The number of likely N-dealkylation sites (N-methyl/N-ethyl adjacent to an activating group) is 1. The van der Waals surface area contributed by atoms with Gasteiger partial charge in [0.15, 0.2) is 0 Å². The second kappa shape index (κ2) is 7.94. The van der Waals surface area contributed by atoms with Crippen LogP contribution in [-0.4, -0.2) is 51.9 Å². The van der Waals surface area contributed by atoms with Crippen LogP contribution in [0.1, 0.15) is 28.6 Å². The minimum absolute atomic E-state index is 0.0839. The van der Waals surface area contributed by atoms with E-state index in [1.165, 1.54) is 16.5 Å². The van der Waals surface area contributed by atoms with Gasteiger partial charge in [0.1, 0.15) is 17.3 Å². The van der Waals surface area contributed by atoms with Crippen molar-refractivity contribution >= 4 is 23.3 Å². The molecule has 3 aromatic rings. The molecule has 0 spiro atoms. The lowest BCUT2D eigenvalue weighted by atomic mass is 10.0. The van der Waals surface area contributed by atoms with E-state index in [4.69, 9.17) is 10.3 Å². The number of carbonyl (C=O) groups excluding carboxylic acids is 2. The molecule has 0 bridgehead atoms. The van der Waals surface area contributed by atoms with Crippen molar-refractivity contribution in [2.75, 3.05) is 30.8 Å². The molecule has 4 heterocycles. The van der Waals surface area contributed by atoms with Crippen LogP contribution < -0.4 is 10.6 Å². The number of ketones is 1. The number of Topliss-reactive ketones (excluding diaryl/α,β-unsaturated/α-hetero) is 1. The van der Waals surface area contributed by atoms with E-state index < -0.39 is 11.7 Å². The number of amides is 1. The Balaban J connectivity index is 1.56. The Morgan fingerprint density at radius 3 is 2.83 bits per heavy atom. The van der Waals surface area contributed by atoms with E-state index in [1.807, 2.05) is 12.1 Å². The summed E-state index contributed by atoms with van der Waals surface area (Å²) >= 11 is 0. The van der Waals surface area contributed by atoms with E-state index in [1.54, 1.807) is 32.4 Å². The van der Waals surface area contributed by atoms with Crippen molar-refractivity contribution in [3.8, 4) is 11.3 Å². The number of aromatic nitrogens is 3. The van der Waals surface area contributed by atoms with E-state index in [0.717, 1.165) is 29.9 Å². The number of pyridine rings is 2. The molecular weight excluding hydrogens is 384 g/mol. The summed E-state index contributed by atoms with van der Waals surface area (Å²) in [5.74, 6) is -0.134. The van der Waals surface area contributed by atoms with Gasteiger partial charge in [0.25, 0.3) is 11.7 Å². The lowest BCUT2D eigenvalue weighted by Gasteiger charge is -2.30. The van der Waals surface area contributed by atoms with Gasteiger partial charge >= 0.3 is 0 Å². The van der Waals surface area contributed by atoms with Crippen LogP contribution >= 0.6 is 0 Å². The Hall–Kier alpha value is -3.75. The number of carbonyl (C=O) groups is 2. The van der Waals surface area contributed by atoms with E-state index in [9.17, 15) is 9.59 Å². The molecule has 1 amide bonds. The lowest BCUT2D eigenvalue weighted by molar-refractivity contribution is -0.125. The highest BCUT2D eigenvalue weighted by Crippen LogP contribution is 2.28. The molecule has 0 fully saturated rings. The Bertz CT molecular complexity index is 1110. The Labute approximate surface area is 173 Å². The largest absolute Gasteiger partial charge is 0.383 e. The van der Waals surface area contributed by atoms with Crippen molar-refractivity contribution in [3.63, 3.8) is 0 Å². The molecule has 4 rings (SSSR count). The van der Waals surface area contributed by atoms with E-state index in [-0.39, 0.29) is 5.76 Å². The number of anilines is 2. The zero-order chi connectivity index (χ0) is 21.3. The first-order chi connectivity index (χ1) is 14.5. The van der Waals surface area contributed by atoms with Gasteiger partial charge in [0.05, 0.1) is 0 Å². The zero-order valence-electron chi connectivity index (χ0n) is 16.8. The minimum Gasteiger partial charge on any atom is -0.383 e. The lowest BCUT2D eigenvalue weighted by Crippen LogP contribution is -2.32. The molecular formula is C21H22N6O3. The van der Waals surface area contributed by atoms with Gasteiger partial charge in [-0.2, -0.15) is 0 Å². The number of nitrogens with zero attached hydrogens (tertiary/aromatic N) is 5. The SMILES string of the molecule is CCN(C)C(=O)C(=O)c1cc(-c2ccnc(N3CCc4ccnc(N)c4C3)c2)no1. The maximum Gasteiger partial charge on any atom is 0.298 e. The van der Waals surface area contributed by atoms with Gasteiger partial charge in [-0.15, -0.1) is 0 Å². The van der Waals surface area contributed by atoms with Gasteiger partial charge in [-0.3, -0.25) is 9.59 Å². The third kappa shape index (κ3) is 3.61. The van der Waals surface area contributed by atoms with Crippen molar-refractivity contribution in [3.05, 3.63) is 53.5 Å². The highest BCUT2D eigenvalue weighted by Gasteiger charge is 2.25. The summed E-state index contributed by atoms with van der Waals surface area (Å²) in [6.07, 6.45) is 4.26. The fourth-order valence-corrected chi connectivity index (χ4v) is 3.38. The fraction of sp³-hybridized carbons (Fsp3) is 0.286. The fourth-order valence-electron chi connectivity index (χ4n) is 3.38. The smallest absolute Gasteiger partial charge is 0.298 e. The third-order valence-corrected chi connectivity index (χ3v) is 5.30. The molecule has 2 N–H and O–H groups in total. The zero-order valence-corrected chi connectivity index (χ0v) is 16.8. The minimum atomic E-state index is -0.719. The number of hydrogen-bond acceptors (Lipinski definition) is 8. The maximum absolute atomic E-state index is 12.3. The number of nitrogens with two attached hydrogens (primary N) is 1. The standard InChI is InChI=1S/C21H22N6O3/c1-3-26(2)21(29)19(28)17-11-16(25-30-17)14-5-7-23-18(10-14)27-9-6-13-4-8-24-20(22)15(13)12-27/h4-5,7-8,10-11H,3,6,9,12H2,1-2H3,(H2,22,24). The highest BCUT2D eigenvalue weighted by atomic mass is 16.5. The molecule has 0 saturated heterocycles. The molecule has 154 valence electrons. The van der Waals surface area contributed by atoms with Gasteiger partial charge in [-0.1, -0.05) is 5.16 Å². The maximum atomic E-state index is 12.3. The van der Waals surface area contributed by atoms with Crippen molar-refractivity contribution in [1.29, 1.82) is 0 Å². The first-order valence-electron chi connectivity index (χ1n) is 9.68. The van der Waals surface area contributed by atoms with Gasteiger partial charge in [-0.25, -0.2) is 9.97 Å². The molecule has 0 radical (unpaired) electrons. The molecule has 0 saturated carbocycles. The second-order valence-electron chi connectivity index (χ2n) is 7.13. The van der Waals surface area contributed by atoms with Crippen molar-refractivity contribution in [2.24, 2.45) is 0 Å². The summed E-state index contributed by atoms with van der Waals surface area (Å²) in [4.78, 5) is 36.5. The molecule has 3 aromatic heterocycles. The van der Waals surface area contributed by atoms with Crippen LogP contribution in [0.5, 0.6) is 0 Å². The van der Waals surface area contributed by atoms with Crippen molar-refractivity contribution in [2.45, 2.75) is 19.9 Å². The van der Waals surface area contributed by atoms with E-state index >= 15 is 0 Å². The predicted molar refractivity (Wildman–Crippen MR) is 111 cm³/mol. The number of hydrogen-bond donors (Lipinski definition) is 1. The van der Waals surface area contributed by atoms with Gasteiger partial charge in [0.2, 0.25) is 5.76 Å². The van der Waals surface area contributed by atoms with Gasteiger partial charge in [0, 0.05) is 56.3 Å². The molecule has 9 heteroatoms. The molecule has 0 aliphatic carbocycles. The number of nitrogen functional groups attached to an aromatic ring is 1. The van der Waals surface area contributed by atoms with Gasteiger partial charge in [-0.05, 0) is 37.1 Å². The molecule has 0 unspecified atom stereocenters. The summed E-state index contributed by atoms with van der Waals surface area (Å²) < 4.78 is 5.14. The van der Waals surface area contributed by atoms with Crippen LogP contribution in [0.4, 0.5) is 11.6 Å². The molecule has 0 aromatic carbocycles. The summed E-state index contributed by atoms with van der Waals surface area (Å²) in [5, 5.41) is 3.97.